The number of aromatic nitrogens is 1. The van der Waals surface area contributed by atoms with Crippen molar-refractivity contribution in [1.82, 2.24) is 4.98 Å². The van der Waals surface area contributed by atoms with Gasteiger partial charge in [0.2, 0.25) is 0 Å². The monoisotopic (exact) mass is 247 g/mol. The number of hydrogen-bond acceptors (Lipinski definition) is 4. The highest BCUT2D eigenvalue weighted by Crippen LogP contribution is 2.27. The molecule has 1 rings (SSSR count). The van der Waals surface area contributed by atoms with Gasteiger partial charge in [0, 0.05) is 6.20 Å². The number of hydrogen-bond donors (Lipinski definition) is 1. The van der Waals surface area contributed by atoms with E-state index in [2.05, 4.69) is 14.5 Å². The topological polar surface area (TPSA) is 68.4 Å². The Labute approximate surface area is 95.4 Å². The summed E-state index contributed by atoms with van der Waals surface area (Å²) in [5, 5.41) is 0. The molecule has 0 saturated heterocycles. The SMILES string of the molecule is CCOC(=O)c1c(C(F)F)c[nH]c(=O)c1OC. The van der Waals surface area contributed by atoms with E-state index in [0.717, 1.165) is 13.3 Å². The highest BCUT2D eigenvalue weighted by Gasteiger charge is 2.26. The molecule has 0 fully saturated rings. The molecule has 0 amide bonds. The minimum atomic E-state index is -2.92. The third kappa shape index (κ3) is 2.61. The first-order chi connectivity index (χ1) is 8.02. The second-order valence-electron chi connectivity index (χ2n) is 3.00. The Bertz CT molecular complexity index is 470. The van der Waals surface area contributed by atoms with Crippen LogP contribution in [0.3, 0.4) is 0 Å². The van der Waals surface area contributed by atoms with Gasteiger partial charge in [-0.2, -0.15) is 0 Å². The quantitative estimate of drug-likeness (QED) is 0.818. The lowest BCUT2D eigenvalue weighted by Gasteiger charge is -2.11. The maximum atomic E-state index is 12.7. The van der Waals surface area contributed by atoms with Gasteiger partial charge in [0.15, 0.2) is 5.75 Å². The highest BCUT2D eigenvalue weighted by atomic mass is 19.3. The van der Waals surface area contributed by atoms with E-state index in [9.17, 15) is 18.4 Å². The van der Waals surface area contributed by atoms with Gasteiger partial charge in [-0.15, -0.1) is 0 Å². The second kappa shape index (κ2) is 5.42. The Morgan fingerprint density at radius 3 is 2.65 bits per heavy atom. The predicted molar refractivity (Wildman–Crippen MR) is 54.5 cm³/mol. The number of esters is 1. The minimum absolute atomic E-state index is 0.0114. The Kier molecular flexibility index (Phi) is 4.19. The molecule has 0 aromatic carbocycles. The lowest BCUT2D eigenvalue weighted by atomic mass is 10.1. The summed E-state index contributed by atoms with van der Waals surface area (Å²) in [5.41, 5.74) is -1.92. The van der Waals surface area contributed by atoms with Crippen molar-refractivity contribution in [1.29, 1.82) is 0 Å². The molecule has 0 aliphatic heterocycles. The maximum Gasteiger partial charge on any atom is 0.342 e. The number of halogens is 2. The number of carbonyl (C=O) groups is 1. The zero-order chi connectivity index (χ0) is 13.0. The largest absolute Gasteiger partial charge is 0.490 e. The first kappa shape index (κ1) is 13.1. The predicted octanol–water partition coefficient (Wildman–Crippen LogP) is 1.50. The smallest absolute Gasteiger partial charge is 0.342 e. The van der Waals surface area contributed by atoms with Gasteiger partial charge in [-0.25, -0.2) is 13.6 Å². The Morgan fingerprint density at radius 2 is 2.18 bits per heavy atom. The number of nitrogens with one attached hydrogen (secondary N) is 1. The van der Waals surface area contributed by atoms with Gasteiger partial charge in [-0.3, -0.25) is 4.79 Å². The molecule has 0 spiro atoms. The van der Waals surface area contributed by atoms with Crippen molar-refractivity contribution in [3.05, 3.63) is 27.7 Å². The van der Waals surface area contributed by atoms with Crippen LogP contribution in [0.2, 0.25) is 0 Å². The first-order valence-electron chi connectivity index (χ1n) is 4.77. The van der Waals surface area contributed by atoms with E-state index in [4.69, 9.17) is 0 Å². The molecule has 5 nitrogen and oxygen atoms in total. The van der Waals surface area contributed by atoms with E-state index < -0.39 is 34.8 Å². The lowest BCUT2D eigenvalue weighted by Crippen LogP contribution is -2.19. The first-order valence-corrected chi connectivity index (χ1v) is 4.77. The van der Waals surface area contributed by atoms with Crippen LogP contribution < -0.4 is 10.3 Å². The fraction of sp³-hybridized carbons (Fsp3) is 0.400. The van der Waals surface area contributed by atoms with Crippen molar-refractivity contribution < 1.29 is 23.0 Å². The molecule has 0 bridgehead atoms. The van der Waals surface area contributed by atoms with Crippen LogP contribution in [0.4, 0.5) is 8.78 Å². The van der Waals surface area contributed by atoms with Crippen LogP contribution in [0.15, 0.2) is 11.0 Å². The molecule has 1 aromatic heterocycles. The van der Waals surface area contributed by atoms with E-state index in [-0.39, 0.29) is 6.61 Å². The summed E-state index contributed by atoms with van der Waals surface area (Å²) in [5.74, 6) is -1.48. The van der Waals surface area contributed by atoms with Crippen molar-refractivity contribution >= 4 is 5.97 Å². The normalized spacial score (nSPS) is 10.4. The summed E-state index contributed by atoms with van der Waals surface area (Å²) in [4.78, 5) is 24.9. The van der Waals surface area contributed by atoms with E-state index >= 15 is 0 Å². The zero-order valence-electron chi connectivity index (χ0n) is 9.25. The van der Waals surface area contributed by atoms with Gasteiger partial charge >= 0.3 is 5.97 Å². The maximum absolute atomic E-state index is 12.7. The van der Waals surface area contributed by atoms with Gasteiger partial charge in [-0.1, -0.05) is 0 Å². The van der Waals surface area contributed by atoms with Crippen LogP contribution in [0.25, 0.3) is 0 Å². The van der Waals surface area contributed by atoms with Crippen LogP contribution in [0.1, 0.15) is 29.3 Å². The summed E-state index contributed by atoms with van der Waals surface area (Å²) in [7, 11) is 1.11. The number of H-pyrrole nitrogens is 1. The molecule has 0 atom stereocenters. The van der Waals surface area contributed by atoms with E-state index in [0.29, 0.717) is 0 Å². The highest BCUT2D eigenvalue weighted by molar-refractivity contribution is 5.94. The lowest BCUT2D eigenvalue weighted by molar-refractivity contribution is 0.0510. The summed E-state index contributed by atoms with van der Waals surface area (Å²) >= 11 is 0. The minimum Gasteiger partial charge on any atom is -0.490 e. The molecule has 0 aliphatic rings. The average molecular weight is 247 g/mol. The van der Waals surface area contributed by atoms with Gasteiger partial charge in [0.25, 0.3) is 12.0 Å². The van der Waals surface area contributed by atoms with E-state index in [1.165, 1.54) is 6.92 Å². The molecule has 1 heterocycles. The molecule has 1 N–H and O–H groups in total. The van der Waals surface area contributed by atoms with Crippen LogP contribution in [-0.4, -0.2) is 24.7 Å². The fourth-order valence-corrected chi connectivity index (χ4v) is 1.31. The standard InChI is InChI=1S/C10H11F2NO4/c1-3-17-10(15)6-5(8(11)12)4-13-9(14)7(6)16-2/h4,8H,3H2,1-2H3,(H,13,14). The van der Waals surface area contributed by atoms with Crippen LogP contribution in [0.5, 0.6) is 5.75 Å². The van der Waals surface area contributed by atoms with Crippen molar-refractivity contribution in [3.8, 4) is 5.75 Å². The van der Waals surface area contributed by atoms with Crippen molar-refractivity contribution in [2.45, 2.75) is 13.3 Å². The third-order valence-corrected chi connectivity index (χ3v) is 2.00. The molecule has 0 radical (unpaired) electrons. The molecule has 0 unspecified atom stereocenters. The van der Waals surface area contributed by atoms with Gasteiger partial charge < -0.3 is 14.5 Å². The summed E-state index contributed by atoms with van der Waals surface area (Å²) in [6, 6.07) is 0. The Hall–Kier alpha value is -1.92. The average Bonchev–Trinajstić information content (AvgIpc) is 2.28. The molecule has 94 valence electrons. The summed E-state index contributed by atoms with van der Waals surface area (Å²) in [6.45, 7) is 1.54. The third-order valence-electron chi connectivity index (χ3n) is 2.00. The van der Waals surface area contributed by atoms with E-state index in [1.54, 1.807) is 0 Å². The number of ether oxygens (including phenoxy) is 2. The van der Waals surface area contributed by atoms with Gasteiger partial charge in [0.1, 0.15) is 5.56 Å². The number of rotatable bonds is 4. The molecule has 7 heteroatoms. The van der Waals surface area contributed by atoms with E-state index in [1.807, 2.05) is 0 Å². The van der Waals surface area contributed by atoms with Gasteiger partial charge in [-0.05, 0) is 6.92 Å². The summed E-state index contributed by atoms with van der Waals surface area (Å²) in [6.07, 6.45) is -2.14. The molecular weight excluding hydrogens is 236 g/mol. The van der Waals surface area contributed by atoms with Crippen molar-refractivity contribution in [3.63, 3.8) is 0 Å². The fourth-order valence-electron chi connectivity index (χ4n) is 1.31. The number of aromatic amines is 1. The van der Waals surface area contributed by atoms with Crippen molar-refractivity contribution in [2.75, 3.05) is 13.7 Å². The zero-order valence-corrected chi connectivity index (χ0v) is 9.25. The van der Waals surface area contributed by atoms with Crippen molar-refractivity contribution in [2.24, 2.45) is 0 Å². The second-order valence-corrected chi connectivity index (χ2v) is 3.00. The van der Waals surface area contributed by atoms with Gasteiger partial charge in [0.05, 0.1) is 19.3 Å². The Morgan fingerprint density at radius 1 is 1.53 bits per heavy atom. The van der Waals surface area contributed by atoms with Crippen LogP contribution in [-0.2, 0) is 4.74 Å². The molecule has 1 aromatic rings. The molecule has 0 aliphatic carbocycles. The van der Waals surface area contributed by atoms with Crippen LogP contribution in [0, 0.1) is 0 Å². The number of carbonyl (C=O) groups excluding carboxylic acids is 1. The Balaban J connectivity index is 3.44. The molecular formula is C10H11F2NO4. The van der Waals surface area contributed by atoms with Crippen LogP contribution >= 0.6 is 0 Å². The number of methoxy groups -OCH3 is 1. The molecule has 0 saturated carbocycles. The molecule has 17 heavy (non-hydrogen) atoms. The number of alkyl halides is 2. The number of pyridine rings is 1. The summed E-state index contributed by atoms with van der Waals surface area (Å²) < 4.78 is 34.6.